The van der Waals surface area contributed by atoms with E-state index in [0.717, 1.165) is 0 Å². The molecule has 12 heavy (non-hydrogen) atoms. The number of nitrogens with one attached hydrogen (secondary N) is 1. The van der Waals surface area contributed by atoms with Crippen LogP contribution in [0, 0.1) is 0 Å². The molecule has 4 nitrogen and oxygen atoms in total. The molecule has 1 aromatic heterocycles. The van der Waals surface area contributed by atoms with E-state index in [1.165, 1.54) is 16.7 Å². The maximum atomic E-state index is 10.3. The summed E-state index contributed by atoms with van der Waals surface area (Å²) in [5, 5.41) is 15.1. The van der Waals surface area contributed by atoms with Gasteiger partial charge in [0.15, 0.2) is 5.13 Å². The van der Waals surface area contributed by atoms with Gasteiger partial charge < -0.3 is 15.2 Å². The Hall–Kier alpha value is -1.36. The van der Waals surface area contributed by atoms with Gasteiger partial charge >= 0.3 is 0 Å². The van der Waals surface area contributed by atoms with Crippen LogP contribution in [-0.4, -0.2) is 17.5 Å². The second-order valence-electron chi connectivity index (χ2n) is 1.99. The number of hydrogen-bond acceptors (Lipinski definition) is 5. The van der Waals surface area contributed by atoms with Gasteiger partial charge in [0.05, 0.1) is 11.7 Å². The first-order valence-corrected chi connectivity index (χ1v) is 4.13. The predicted octanol–water partition coefficient (Wildman–Crippen LogP) is 0.104. The van der Waals surface area contributed by atoms with E-state index in [0.29, 0.717) is 11.7 Å². The lowest BCUT2D eigenvalue weighted by Gasteiger charge is -1.96. The van der Waals surface area contributed by atoms with Gasteiger partial charge in [-0.3, -0.25) is 0 Å². The third-order valence-electron chi connectivity index (χ3n) is 1.11. The van der Waals surface area contributed by atoms with Crippen LogP contribution < -0.4 is 10.4 Å². The average Bonchev–Trinajstić information content (AvgIpc) is 2.48. The summed E-state index contributed by atoms with van der Waals surface area (Å²) in [4.78, 5) is 14.0. The highest BCUT2D eigenvalue weighted by Gasteiger charge is 1.99. The summed E-state index contributed by atoms with van der Waals surface area (Å²) in [5.74, 6) is -1.25. The fraction of sp³-hybridized carbons (Fsp3) is 0.143. The van der Waals surface area contributed by atoms with Gasteiger partial charge in [-0.2, -0.15) is 0 Å². The van der Waals surface area contributed by atoms with E-state index in [-0.39, 0.29) is 5.69 Å². The second kappa shape index (κ2) is 3.87. The number of hydrogen-bond donors (Lipinski definition) is 1. The van der Waals surface area contributed by atoms with Crippen LogP contribution in [0.5, 0.6) is 0 Å². The number of carboxylic acid groups (broad SMARTS) is 1. The third-order valence-corrected chi connectivity index (χ3v) is 1.91. The molecular weight excluding hydrogens is 176 g/mol. The van der Waals surface area contributed by atoms with Crippen molar-refractivity contribution in [2.24, 2.45) is 0 Å². The van der Waals surface area contributed by atoms with Crippen LogP contribution in [0.15, 0.2) is 18.0 Å². The van der Waals surface area contributed by atoms with E-state index in [1.807, 2.05) is 0 Å². The largest absolute Gasteiger partial charge is 0.543 e. The van der Waals surface area contributed by atoms with Gasteiger partial charge in [-0.15, -0.1) is 17.9 Å². The van der Waals surface area contributed by atoms with Crippen molar-refractivity contribution in [3.05, 3.63) is 23.7 Å². The van der Waals surface area contributed by atoms with Gasteiger partial charge in [-0.05, 0) is 0 Å². The monoisotopic (exact) mass is 183 g/mol. The number of carbonyl (C=O) groups excluding carboxylic acids is 1. The number of carbonyl (C=O) groups is 1. The summed E-state index contributed by atoms with van der Waals surface area (Å²) in [6.07, 6.45) is 1.67. The Morgan fingerprint density at radius 3 is 3.17 bits per heavy atom. The molecular formula is C7H7N2O2S-. The van der Waals surface area contributed by atoms with Crippen molar-refractivity contribution in [1.29, 1.82) is 0 Å². The van der Waals surface area contributed by atoms with Crippen molar-refractivity contribution in [2.75, 3.05) is 11.9 Å². The van der Waals surface area contributed by atoms with E-state index in [4.69, 9.17) is 0 Å². The van der Waals surface area contributed by atoms with E-state index in [2.05, 4.69) is 16.9 Å². The van der Waals surface area contributed by atoms with Crippen molar-refractivity contribution in [3.8, 4) is 0 Å². The lowest BCUT2D eigenvalue weighted by molar-refractivity contribution is -0.255. The third kappa shape index (κ3) is 2.06. The summed E-state index contributed by atoms with van der Waals surface area (Å²) in [5.41, 5.74) is -0.0356. The Morgan fingerprint density at radius 2 is 2.67 bits per heavy atom. The lowest BCUT2D eigenvalue weighted by atomic mass is 10.5. The number of aromatic carboxylic acids is 1. The topological polar surface area (TPSA) is 65.0 Å². The summed E-state index contributed by atoms with van der Waals surface area (Å²) in [6.45, 7) is 4.07. The number of thiazole rings is 1. The maximum absolute atomic E-state index is 10.3. The average molecular weight is 183 g/mol. The molecule has 0 fully saturated rings. The fourth-order valence-electron chi connectivity index (χ4n) is 0.608. The van der Waals surface area contributed by atoms with Crippen molar-refractivity contribution in [3.63, 3.8) is 0 Å². The van der Waals surface area contributed by atoms with Crippen molar-refractivity contribution < 1.29 is 9.90 Å². The summed E-state index contributed by atoms with van der Waals surface area (Å²) in [6, 6.07) is 0. The van der Waals surface area contributed by atoms with Gasteiger partial charge in [-0.25, -0.2) is 4.98 Å². The van der Waals surface area contributed by atoms with Crippen LogP contribution in [0.1, 0.15) is 10.5 Å². The quantitative estimate of drug-likeness (QED) is 0.672. The minimum absolute atomic E-state index is 0.0356. The lowest BCUT2D eigenvalue weighted by Crippen LogP contribution is -2.22. The van der Waals surface area contributed by atoms with E-state index in [9.17, 15) is 9.90 Å². The molecule has 1 rings (SSSR count). The first kappa shape index (κ1) is 8.73. The number of nitrogens with zero attached hydrogens (tertiary/aromatic N) is 1. The molecule has 0 amide bonds. The summed E-state index contributed by atoms with van der Waals surface area (Å²) in [7, 11) is 0. The van der Waals surface area contributed by atoms with Gasteiger partial charge in [-0.1, -0.05) is 6.08 Å². The first-order chi connectivity index (χ1) is 5.74. The Balaban J connectivity index is 2.64. The van der Waals surface area contributed by atoms with Crippen LogP contribution in [-0.2, 0) is 0 Å². The fourth-order valence-corrected chi connectivity index (χ4v) is 1.30. The molecule has 1 heterocycles. The SMILES string of the molecule is C=CCNc1nc(C(=O)[O-])cs1. The highest BCUT2D eigenvalue weighted by atomic mass is 32.1. The minimum Gasteiger partial charge on any atom is -0.543 e. The number of rotatable bonds is 4. The van der Waals surface area contributed by atoms with Gasteiger partial charge in [0.2, 0.25) is 0 Å². The molecule has 0 atom stereocenters. The molecule has 0 aliphatic heterocycles. The molecule has 0 saturated carbocycles. The highest BCUT2D eigenvalue weighted by molar-refractivity contribution is 7.13. The Kier molecular flexibility index (Phi) is 2.82. The number of aromatic nitrogens is 1. The van der Waals surface area contributed by atoms with Gasteiger partial charge in [0, 0.05) is 11.9 Å². The van der Waals surface area contributed by atoms with Crippen LogP contribution in [0.25, 0.3) is 0 Å². The van der Waals surface area contributed by atoms with E-state index in [1.54, 1.807) is 6.08 Å². The zero-order chi connectivity index (χ0) is 8.97. The van der Waals surface area contributed by atoms with Crippen molar-refractivity contribution in [1.82, 2.24) is 4.98 Å². The zero-order valence-electron chi connectivity index (χ0n) is 6.24. The predicted molar refractivity (Wildman–Crippen MR) is 45.1 cm³/mol. The Bertz CT molecular complexity index is 295. The zero-order valence-corrected chi connectivity index (χ0v) is 7.06. The molecule has 0 aliphatic carbocycles. The Labute approximate surface area is 73.6 Å². The molecule has 0 spiro atoms. The Morgan fingerprint density at radius 1 is 1.92 bits per heavy atom. The molecule has 0 saturated heterocycles. The van der Waals surface area contributed by atoms with Crippen LogP contribution in [0.4, 0.5) is 5.13 Å². The normalized spacial score (nSPS) is 9.33. The highest BCUT2D eigenvalue weighted by Crippen LogP contribution is 2.13. The smallest absolute Gasteiger partial charge is 0.183 e. The van der Waals surface area contributed by atoms with Crippen LogP contribution in [0.2, 0.25) is 0 Å². The molecule has 0 aromatic carbocycles. The van der Waals surface area contributed by atoms with E-state index >= 15 is 0 Å². The summed E-state index contributed by atoms with van der Waals surface area (Å²) < 4.78 is 0. The molecule has 5 heteroatoms. The molecule has 1 N–H and O–H groups in total. The number of carboxylic acids is 1. The van der Waals surface area contributed by atoms with E-state index < -0.39 is 5.97 Å². The molecule has 0 bridgehead atoms. The van der Waals surface area contributed by atoms with Crippen molar-refractivity contribution >= 4 is 22.4 Å². The van der Waals surface area contributed by atoms with Gasteiger partial charge in [0.25, 0.3) is 0 Å². The standard InChI is InChI=1S/C7H8N2O2S/c1-2-3-8-7-9-5(4-12-7)6(10)11/h2,4H,1,3H2,(H,8,9)(H,10,11)/p-1. The van der Waals surface area contributed by atoms with Gasteiger partial charge in [0.1, 0.15) is 0 Å². The van der Waals surface area contributed by atoms with Crippen molar-refractivity contribution in [2.45, 2.75) is 0 Å². The van der Waals surface area contributed by atoms with Crippen LogP contribution >= 0.6 is 11.3 Å². The first-order valence-electron chi connectivity index (χ1n) is 3.25. The molecule has 64 valence electrons. The molecule has 0 aliphatic rings. The second-order valence-corrected chi connectivity index (χ2v) is 2.85. The molecule has 0 unspecified atom stereocenters. The molecule has 1 aromatic rings. The minimum atomic E-state index is -1.25. The molecule has 0 radical (unpaired) electrons. The summed E-state index contributed by atoms with van der Waals surface area (Å²) >= 11 is 1.23. The number of anilines is 1. The maximum Gasteiger partial charge on any atom is 0.183 e. The van der Waals surface area contributed by atoms with Crippen LogP contribution in [0.3, 0.4) is 0 Å².